The first-order valence-corrected chi connectivity index (χ1v) is 11.9. The van der Waals surface area contributed by atoms with Crippen LogP contribution in [0.1, 0.15) is 37.0 Å². The van der Waals surface area contributed by atoms with Crippen molar-refractivity contribution in [3.05, 3.63) is 59.2 Å². The van der Waals surface area contributed by atoms with Gasteiger partial charge in [0, 0.05) is 0 Å². The molecular weight excluding hydrogens is 400 g/mol. The molecule has 0 aliphatic carbocycles. The number of carbonyl (C=O) groups excluding carboxylic acids is 1. The molecular formula is C23H32N2O4S. The highest BCUT2D eigenvalue weighted by molar-refractivity contribution is 7.92. The first-order valence-electron chi connectivity index (χ1n) is 10.1. The first-order chi connectivity index (χ1) is 14.0. The van der Waals surface area contributed by atoms with Crippen molar-refractivity contribution in [2.45, 2.75) is 53.1 Å². The van der Waals surface area contributed by atoms with E-state index in [9.17, 15) is 13.2 Å². The first kappa shape index (κ1) is 23.7. The number of aryl methyl sites for hydroxylation is 3. The summed E-state index contributed by atoms with van der Waals surface area (Å²) in [5.74, 6) is 0.378. The summed E-state index contributed by atoms with van der Waals surface area (Å²) in [6, 6.07) is 12.0. The van der Waals surface area contributed by atoms with Crippen LogP contribution >= 0.6 is 0 Å². The van der Waals surface area contributed by atoms with Gasteiger partial charge in [-0.05, 0) is 69.5 Å². The zero-order valence-electron chi connectivity index (χ0n) is 18.6. The zero-order valence-corrected chi connectivity index (χ0v) is 19.4. The van der Waals surface area contributed by atoms with Crippen LogP contribution in [-0.2, 0) is 14.8 Å². The Morgan fingerprint density at radius 3 is 2.23 bits per heavy atom. The molecule has 6 nitrogen and oxygen atoms in total. The molecule has 0 radical (unpaired) electrons. The Hall–Kier alpha value is -2.54. The molecule has 1 amide bonds. The van der Waals surface area contributed by atoms with Crippen LogP contribution in [0.15, 0.2) is 42.5 Å². The van der Waals surface area contributed by atoms with Crippen LogP contribution in [0.2, 0.25) is 0 Å². The largest absolute Gasteiger partial charge is 0.491 e. The Bertz CT molecular complexity index is 971. The third-order valence-electron chi connectivity index (χ3n) is 4.98. The Morgan fingerprint density at radius 1 is 1.07 bits per heavy atom. The lowest BCUT2D eigenvalue weighted by molar-refractivity contribution is -0.123. The van der Waals surface area contributed by atoms with Gasteiger partial charge < -0.3 is 10.1 Å². The Balaban J connectivity index is 2.14. The topological polar surface area (TPSA) is 75.7 Å². The van der Waals surface area contributed by atoms with Crippen LogP contribution < -0.4 is 14.4 Å². The number of carbonyl (C=O) groups is 1. The molecule has 2 atom stereocenters. The van der Waals surface area contributed by atoms with E-state index in [4.69, 9.17) is 4.74 Å². The van der Waals surface area contributed by atoms with Crippen molar-refractivity contribution >= 4 is 21.6 Å². The number of amides is 1. The number of benzene rings is 2. The summed E-state index contributed by atoms with van der Waals surface area (Å²) >= 11 is 0. The van der Waals surface area contributed by atoms with Gasteiger partial charge >= 0.3 is 0 Å². The second kappa shape index (κ2) is 9.98. The summed E-state index contributed by atoms with van der Waals surface area (Å²) in [7, 11) is -3.66. The molecule has 2 aromatic carbocycles. The highest BCUT2D eigenvalue weighted by atomic mass is 32.2. The van der Waals surface area contributed by atoms with E-state index >= 15 is 0 Å². The molecule has 7 heteroatoms. The molecule has 0 heterocycles. The SMILES string of the molecule is CC[C@@H](C(=O)N[C@@H](C)COc1ccc(C)cc1)N(c1ccc(C)c(C)c1)S(C)(=O)=O. The number of rotatable bonds is 9. The van der Waals surface area contributed by atoms with Gasteiger partial charge in [0.1, 0.15) is 18.4 Å². The molecule has 1 N–H and O–H groups in total. The summed E-state index contributed by atoms with van der Waals surface area (Å²) in [6.45, 7) is 9.80. The van der Waals surface area contributed by atoms with Crippen molar-refractivity contribution in [1.82, 2.24) is 5.32 Å². The minimum atomic E-state index is -3.66. The summed E-state index contributed by atoms with van der Waals surface area (Å²) in [4.78, 5) is 13.0. The highest BCUT2D eigenvalue weighted by Crippen LogP contribution is 2.25. The minimum absolute atomic E-state index is 0.283. The molecule has 0 aliphatic rings. The van der Waals surface area contributed by atoms with Crippen LogP contribution in [0.4, 0.5) is 5.69 Å². The van der Waals surface area contributed by atoms with Gasteiger partial charge in [-0.15, -0.1) is 0 Å². The quantitative estimate of drug-likeness (QED) is 0.655. The van der Waals surface area contributed by atoms with Gasteiger partial charge in [0.2, 0.25) is 15.9 Å². The van der Waals surface area contributed by atoms with E-state index in [1.165, 1.54) is 4.31 Å². The molecule has 0 spiro atoms. The highest BCUT2D eigenvalue weighted by Gasteiger charge is 2.32. The summed E-state index contributed by atoms with van der Waals surface area (Å²) in [6.07, 6.45) is 1.47. The fourth-order valence-electron chi connectivity index (χ4n) is 3.16. The normalized spacial score (nSPS) is 13.4. The van der Waals surface area contributed by atoms with Crippen LogP contribution in [0.3, 0.4) is 0 Å². The molecule has 0 unspecified atom stereocenters. The summed E-state index contributed by atoms with van der Waals surface area (Å²) in [5, 5.41) is 2.89. The van der Waals surface area contributed by atoms with Gasteiger partial charge in [-0.2, -0.15) is 0 Å². The van der Waals surface area contributed by atoms with E-state index in [1.807, 2.05) is 58.0 Å². The third-order valence-corrected chi connectivity index (χ3v) is 6.16. The molecule has 164 valence electrons. The maximum absolute atomic E-state index is 13.0. The maximum atomic E-state index is 13.0. The number of ether oxygens (including phenoxy) is 1. The van der Waals surface area contributed by atoms with E-state index < -0.39 is 16.1 Å². The lowest BCUT2D eigenvalue weighted by atomic mass is 10.1. The Kier molecular flexibility index (Phi) is 7.89. The van der Waals surface area contributed by atoms with E-state index in [0.717, 1.165) is 28.7 Å². The molecule has 0 saturated heterocycles. The molecule has 0 fully saturated rings. The minimum Gasteiger partial charge on any atom is -0.491 e. The predicted octanol–water partition coefficient (Wildman–Crippen LogP) is 3.74. The zero-order chi connectivity index (χ0) is 22.5. The van der Waals surface area contributed by atoms with Gasteiger partial charge in [0.05, 0.1) is 18.0 Å². The van der Waals surface area contributed by atoms with E-state index in [2.05, 4.69) is 5.32 Å². The van der Waals surface area contributed by atoms with Crippen LogP contribution in [0, 0.1) is 20.8 Å². The number of nitrogens with one attached hydrogen (secondary N) is 1. The monoisotopic (exact) mass is 432 g/mol. The number of hydrogen-bond donors (Lipinski definition) is 1. The van der Waals surface area contributed by atoms with E-state index in [1.54, 1.807) is 19.1 Å². The van der Waals surface area contributed by atoms with Crippen molar-refractivity contribution < 1.29 is 17.9 Å². The smallest absolute Gasteiger partial charge is 0.244 e. The lowest BCUT2D eigenvalue weighted by Crippen LogP contribution is -2.52. The number of nitrogens with zero attached hydrogens (tertiary/aromatic N) is 1. The Labute approximate surface area is 180 Å². The Morgan fingerprint density at radius 2 is 1.70 bits per heavy atom. The van der Waals surface area contributed by atoms with Gasteiger partial charge in [0.15, 0.2) is 0 Å². The van der Waals surface area contributed by atoms with Gasteiger partial charge in [-0.3, -0.25) is 9.10 Å². The van der Waals surface area contributed by atoms with Crippen molar-refractivity contribution in [2.75, 3.05) is 17.2 Å². The summed E-state index contributed by atoms with van der Waals surface area (Å²) in [5.41, 5.74) is 3.66. The van der Waals surface area contributed by atoms with E-state index in [0.29, 0.717) is 12.1 Å². The van der Waals surface area contributed by atoms with Crippen molar-refractivity contribution in [3.8, 4) is 5.75 Å². The standard InChI is InChI=1S/C23H32N2O4S/c1-7-22(25(30(6,27)28)20-11-10-17(3)18(4)14-20)23(26)24-19(5)15-29-21-12-8-16(2)9-13-21/h8-14,19,22H,7,15H2,1-6H3,(H,24,26)/t19-,22-/m0/s1. The molecule has 0 bridgehead atoms. The van der Waals surface area contributed by atoms with Gasteiger partial charge in [-0.1, -0.05) is 30.7 Å². The summed E-state index contributed by atoms with van der Waals surface area (Å²) < 4.78 is 32.1. The van der Waals surface area contributed by atoms with E-state index in [-0.39, 0.29) is 18.6 Å². The predicted molar refractivity (Wildman–Crippen MR) is 122 cm³/mol. The van der Waals surface area contributed by atoms with Crippen LogP contribution in [-0.4, -0.2) is 39.3 Å². The molecule has 30 heavy (non-hydrogen) atoms. The molecule has 0 aliphatic heterocycles. The average Bonchev–Trinajstić information content (AvgIpc) is 2.66. The third kappa shape index (κ3) is 6.23. The number of hydrogen-bond acceptors (Lipinski definition) is 4. The molecule has 2 rings (SSSR count). The van der Waals surface area contributed by atoms with Gasteiger partial charge in [0.25, 0.3) is 0 Å². The molecule has 2 aromatic rings. The van der Waals surface area contributed by atoms with Crippen molar-refractivity contribution in [1.29, 1.82) is 0 Å². The maximum Gasteiger partial charge on any atom is 0.244 e. The molecule has 0 saturated carbocycles. The van der Waals surface area contributed by atoms with Crippen molar-refractivity contribution in [2.24, 2.45) is 0 Å². The van der Waals surface area contributed by atoms with Crippen LogP contribution in [0.25, 0.3) is 0 Å². The second-order valence-electron chi connectivity index (χ2n) is 7.79. The van der Waals surface area contributed by atoms with Crippen molar-refractivity contribution in [3.63, 3.8) is 0 Å². The molecule has 0 aromatic heterocycles. The average molecular weight is 433 g/mol. The van der Waals surface area contributed by atoms with Crippen LogP contribution in [0.5, 0.6) is 5.75 Å². The lowest BCUT2D eigenvalue weighted by Gasteiger charge is -2.31. The second-order valence-corrected chi connectivity index (χ2v) is 9.64. The number of anilines is 1. The fourth-order valence-corrected chi connectivity index (χ4v) is 4.36. The number of sulfonamides is 1. The fraction of sp³-hybridized carbons (Fsp3) is 0.435. The van der Waals surface area contributed by atoms with Gasteiger partial charge in [-0.25, -0.2) is 8.42 Å².